The Labute approximate surface area is 87.3 Å². The average Bonchev–Trinajstić information content (AvgIpc) is 2.14. The number of carbonyl (C=O) groups is 1. The van der Waals surface area contributed by atoms with Crippen molar-refractivity contribution < 1.29 is 14.6 Å². The minimum absolute atomic E-state index is 0.0931. The standard InChI is InChI=1S/C10H11ClO3/c1-2-3-14-7-4-9(11)8(6-12)10(13)5-7/h4-6,13H,2-3H2,1H3. The predicted molar refractivity (Wildman–Crippen MR) is 54.3 cm³/mol. The van der Waals surface area contributed by atoms with Crippen LogP contribution >= 0.6 is 11.6 Å². The molecule has 0 atom stereocenters. The maximum Gasteiger partial charge on any atom is 0.155 e. The first-order valence-corrected chi connectivity index (χ1v) is 4.67. The number of hydrogen-bond acceptors (Lipinski definition) is 3. The van der Waals surface area contributed by atoms with Crippen LogP contribution in [0.1, 0.15) is 23.7 Å². The number of phenols is 1. The van der Waals surface area contributed by atoms with Gasteiger partial charge < -0.3 is 9.84 Å². The maximum atomic E-state index is 10.5. The molecule has 1 rings (SSSR count). The van der Waals surface area contributed by atoms with Crippen molar-refractivity contribution in [1.29, 1.82) is 0 Å². The summed E-state index contributed by atoms with van der Waals surface area (Å²) in [6.07, 6.45) is 1.38. The molecule has 76 valence electrons. The summed E-state index contributed by atoms with van der Waals surface area (Å²) in [6, 6.07) is 2.89. The normalized spacial score (nSPS) is 9.86. The third kappa shape index (κ3) is 2.39. The van der Waals surface area contributed by atoms with E-state index in [2.05, 4.69) is 0 Å². The summed E-state index contributed by atoms with van der Waals surface area (Å²) in [5.41, 5.74) is 0.0931. The van der Waals surface area contributed by atoms with E-state index in [4.69, 9.17) is 16.3 Å². The highest BCUT2D eigenvalue weighted by Crippen LogP contribution is 2.29. The van der Waals surface area contributed by atoms with E-state index in [9.17, 15) is 9.90 Å². The zero-order valence-corrected chi connectivity index (χ0v) is 8.54. The number of aromatic hydroxyl groups is 1. The number of hydrogen-bond donors (Lipinski definition) is 1. The molecule has 0 radical (unpaired) electrons. The molecule has 0 aliphatic rings. The first-order chi connectivity index (χ1) is 6.69. The fourth-order valence-electron chi connectivity index (χ4n) is 0.999. The molecule has 3 nitrogen and oxygen atoms in total. The van der Waals surface area contributed by atoms with Crippen LogP contribution in [0.2, 0.25) is 5.02 Å². The van der Waals surface area contributed by atoms with Gasteiger partial charge in [0.25, 0.3) is 0 Å². The first kappa shape index (κ1) is 10.9. The van der Waals surface area contributed by atoms with Crippen LogP contribution in [0.3, 0.4) is 0 Å². The van der Waals surface area contributed by atoms with Gasteiger partial charge in [0.2, 0.25) is 0 Å². The molecule has 0 spiro atoms. The minimum atomic E-state index is -0.154. The van der Waals surface area contributed by atoms with Gasteiger partial charge in [-0.2, -0.15) is 0 Å². The van der Waals surface area contributed by atoms with Gasteiger partial charge in [0.05, 0.1) is 17.2 Å². The summed E-state index contributed by atoms with van der Waals surface area (Å²) in [5.74, 6) is 0.318. The highest BCUT2D eigenvalue weighted by molar-refractivity contribution is 6.33. The van der Waals surface area contributed by atoms with E-state index in [0.717, 1.165) is 6.42 Å². The Balaban J connectivity index is 2.95. The van der Waals surface area contributed by atoms with Gasteiger partial charge >= 0.3 is 0 Å². The van der Waals surface area contributed by atoms with Crippen LogP contribution in [0.4, 0.5) is 0 Å². The molecule has 0 fully saturated rings. The first-order valence-electron chi connectivity index (χ1n) is 4.29. The third-order valence-electron chi connectivity index (χ3n) is 1.67. The van der Waals surface area contributed by atoms with Crippen molar-refractivity contribution in [2.45, 2.75) is 13.3 Å². The molecule has 0 aliphatic carbocycles. The highest BCUT2D eigenvalue weighted by atomic mass is 35.5. The van der Waals surface area contributed by atoms with E-state index in [-0.39, 0.29) is 16.3 Å². The van der Waals surface area contributed by atoms with Crippen LogP contribution in [0, 0.1) is 0 Å². The molecule has 0 unspecified atom stereocenters. The van der Waals surface area contributed by atoms with Crippen molar-refractivity contribution in [3.05, 3.63) is 22.7 Å². The molecule has 4 heteroatoms. The molecule has 0 saturated heterocycles. The molecule has 14 heavy (non-hydrogen) atoms. The summed E-state index contributed by atoms with van der Waals surface area (Å²) in [6.45, 7) is 2.53. The van der Waals surface area contributed by atoms with E-state index >= 15 is 0 Å². The van der Waals surface area contributed by atoms with E-state index in [0.29, 0.717) is 18.6 Å². The molecular formula is C10H11ClO3. The van der Waals surface area contributed by atoms with Gasteiger partial charge in [0.1, 0.15) is 11.5 Å². The summed E-state index contributed by atoms with van der Waals surface area (Å²) < 4.78 is 5.26. The Morgan fingerprint density at radius 1 is 1.57 bits per heavy atom. The van der Waals surface area contributed by atoms with E-state index in [1.165, 1.54) is 12.1 Å². The summed E-state index contributed by atoms with van der Waals surface area (Å²) in [4.78, 5) is 10.5. The van der Waals surface area contributed by atoms with Gasteiger partial charge in [-0.05, 0) is 12.5 Å². The second-order valence-corrected chi connectivity index (χ2v) is 3.21. The smallest absolute Gasteiger partial charge is 0.155 e. The van der Waals surface area contributed by atoms with Crippen LogP contribution in [0.15, 0.2) is 12.1 Å². The largest absolute Gasteiger partial charge is 0.507 e. The minimum Gasteiger partial charge on any atom is -0.507 e. The van der Waals surface area contributed by atoms with Crippen molar-refractivity contribution in [3.8, 4) is 11.5 Å². The average molecular weight is 215 g/mol. The summed E-state index contributed by atoms with van der Waals surface area (Å²) >= 11 is 5.74. The van der Waals surface area contributed by atoms with Crippen molar-refractivity contribution in [2.75, 3.05) is 6.61 Å². The zero-order chi connectivity index (χ0) is 10.6. The van der Waals surface area contributed by atoms with Crippen molar-refractivity contribution in [2.24, 2.45) is 0 Å². The Morgan fingerprint density at radius 2 is 2.29 bits per heavy atom. The summed E-state index contributed by atoms with van der Waals surface area (Å²) in [7, 11) is 0. The maximum absolute atomic E-state index is 10.5. The molecule has 0 bridgehead atoms. The number of carbonyl (C=O) groups excluding carboxylic acids is 1. The Bertz CT molecular complexity index is 313. The Morgan fingerprint density at radius 3 is 2.79 bits per heavy atom. The van der Waals surface area contributed by atoms with Crippen LogP contribution < -0.4 is 4.74 Å². The van der Waals surface area contributed by atoms with Crippen molar-refractivity contribution >= 4 is 17.9 Å². The molecule has 0 aliphatic heterocycles. The lowest BCUT2D eigenvalue weighted by molar-refractivity contribution is 0.112. The Hall–Kier alpha value is -1.22. The molecule has 1 aromatic carbocycles. The third-order valence-corrected chi connectivity index (χ3v) is 1.98. The fraction of sp³-hybridized carbons (Fsp3) is 0.300. The number of rotatable bonds is 4. The van der Waals surface area contributed by atoms with Crippen molar-refractivity contribution in [1.82, 2.24) is 0 Å². The lowest BCUT2D eigenvalue weighted by Crippen LogP contribution is -1.95. The number of ether oxygens (including phenoxy) is 1. The Kier molecular flexibility index (Phi) is 3.77. The molecule has 0 heterocycles. The highest BCUT2D eigenvalue weighted by Gasteiger charge is 2.08. The monoisotopic (exact) mass is 214 g/mol. The predicted octanol–water partition coefficient (Wildman–Crippen LogP) is 2.65. The van der Waals surface area contributed by atoms with E-state index in [1.807, 2.05) is 6.92 Å². The van der Waals surface area contributed by atoms with Crippen LogP contribution in [0.5, 0.6) is 11.5 Å². The lowest BCUT2D eigenvalue weighted by atomic mass is 10.2. The van der Waals surface area contributed by atoms with Crippen LogP contribution in [-0.4, -0.2) is 18.0 Å². The van der Waals surface area contributed by atoms with Crippen LogP contribution in [-0.2, 0) is 0 Å². The van der Waals surface area contributed by atoms with Gasteiger partial charge in [-0.25, -0.2) is 0 Å². The molecule has 0 amide bonds. The molecular weight excluding hydrogens is 204 g/mol. The molecule has 1 aromatic rings. The lowest BCUT2D eigenvalue weighted by Gasteiger charge is -2.07. The topological polar surface area (TPSA) is 46.5 Å². The zero-order valence-electron chi connectivity index (χ0n) is 7.79. The van der Waals surface area contributed by atoms with Gasteiger partial charge in [-0.3, -0.25) is 4.79 Å². The van der Waals surface area contributed by atoms with Gasteiger partial charge in [-0.15, -0.1) is 0 Å². The van der Waals surface area contributed by atoms with Crippen LogP contribution in [0.25, 0.3) is 0 Å². The van der Waals surface area contributed by atoms with Crippen molar-refractivity contribution in [3.63, 3.8) is 0 Å². The quantitative estimate of drug-likeness (QED) is 0.784. The number of benzene rings is 1. The van der Waals surface area contributed by atoms with Gasteiger partial charge in [0.15, 0.2) is 6.29 Å². The second kappa shape index (κ2) is 4.86. The number of aldehydes is 1. The summed E-state index contributed by atoms with van der Waals surface area (Å²) in [5, 5.41) is 9.58. The van der Waals surface area contributed by atoms with Gasteiger partial charge in [0, 0.05) is 6.07 Å². The molecule has 1 N–H and O–H groups in total. The number of halogens is 1. The van der Waals surface area contributed by atoms with Gasteiger partial charge in [-0.1, -0.05) is 18.5 Å². The fourth-order valence-corrected chi connectivity index (χ4v) is 1.25. The second-order valence-electron chi connectivity index (χ2n) is 2.80. The number of phenolic OH excluding ortho intramolecular Hbond substituents is 1. The SMILES string of the molecule is CCCOc1cc(O)c(C=O)c(Cl)c1. The molecule has 0 aromatic heterocycles. The van der Waals surface area contributed by atoms with E-state index < -0.39 is 0 Å². The molecule has 0 saturated carbocycles. The van der Waals surface area contributed by atoms with E-state index in [1.54, 1.807) is 0 Å².